The maximum atomic E-state index is 12.4. The Kier molecular flexibility index (Phi) is 5.16. The van der Waals surface area contributed by atoms with Gasteiger partial charge in [0.2, 0.25) is 5.88 Å². The summed E-state index contributed by atoms with van der Waals surface area (Å²) >= 11 is 0. The van der Waals surface area contributed by atoms with Crippen LogP contribution in [0.15, 0.2) is 47.1 Å². The highest BCUT2D eigenvalue weighted by molar-refractivity contribution is 5.93. The van der Waals surface area contributed by atoms with Crippen molar-refractivity contribution in [2.75, 3.05) is 19.0 Å². The van der Waals surface area contributed by atoms with E-state index >= 15 is 0 Å². The zero-order chi connectivity index (χ0) is 20.2. The molecule has 0 spiro atoms. The Labute approximate surface area is 167 Å². The van der Waals surface area contributed by atoms with Crippen LogP contribution < -0.4 is 14.8 Å². The number of para-hydroxylation sites is 2. The fourth-order valence-corrected chi connectivity index (χ4v) is 3.54. The Morgan fingerprint density at radius 2 is 2.07 bits per heavy atom. The number of pyridine rings is 1. The van der Waals surface area contributed by atoms with E-state index < -0.39 is 0 Å². The standard InChI is InChI=1S/C22H19N3O4/c1-27-18-9-3-2-8-17(18)24-20(26)13-29-22-16(12-23)14-6-4-7-15(14)21(25-22)19-10-5-11-28-19/h2-3,5,8-11H,4,6-7,13H2,1H3,(H,24,26). The average molecular weight is 389 g/mol. The van der Waals surface area contributed by atoms with Crippen LogP contribution >= 0.6 is 0 Å². The van der Waals surface area contributed by atoms with E-state index in [1.807, 2.05) is 12.1 Å². The van der Waals surface area contributed by atoms with E-state index in [4.69, 9.17) is 13.9 Å². The van der Waals surface area contributed by atoms with Crippen LogP contribution in [0.5, 0.6) is 11.6 Å². The summed E-state index contributed by atoms with van der Waals surface area (Å²) in [6, 6.07) is 12.9. The number of rotatable bonds is 6. The largest absolute Gasteiger partial charge is 0.495 e. The Balaban J connectivity index is 1.58. The molecule has 2 aromatic heterocycles. The maximum Gasteiger partial charge on any atom is 0.262 e. The van der Waals surface area contributed by atoms with Crippen molar-refractivity contribution in [3.05, 3.63) is 59.4 Å². The van der Waals surface area contributed by atoms with Gasteiger partial charge in [-0.3, -0.25) is 4.79 Å². The number of ether oxygens (including phenoxy) is 2. The van der Waals surface area contributed by atoms with Gasteiger partial charge >= 0.3 is 0 Å². The summed E-state index contributed by atoms with van der Waals surface area (Å²) in [5.41, 5.74) is 3.54. The highest BCUT2D eigenvalue weighted by atomic mass is 16.5. The van der Waals surface area contributed by atoms with E-state index in [2.05, 4.69) is 16.4 Å². The number of furan rings is 1. The molecular weight excluding hydrogens is 370 g/mol. The lowest BCUT2D eigenvalue weighted by molar-refractivity contribution is -0.118. The third-order valence-electron chi connectivity index (χ3n) is 4.82. The molecule has 1 amide bonds. The molecular formula is C22H19N3O4. The molecule has 146 valence electrons. The van der Waals surface area contributed by atoms with Crippen molar-refractivity contribution >= 4 is 11.6 Å². The third-order valence-corrected chi connectivity index (χ3v) is 4.82. The first-order valence-electron chi connectivity index (χ1n) is 9.26. The Bertz CT molecular complexity index is 1080. The number of nitrogens with one attached hydrogen (secondary N) is 1. The summed E-state index contributed by atoms with van der Waals surface area (Å²) in [4.78, 5) is 16.9. The molecule has 3 aromatic rings. The number of carbonyl (C=O) groups excluding carboxylic acids is 1. The van der Waals surface area contributed by atoms with Gasteiger partial charge < -0.3 is 19.2 Å². The average Bonchev–Trinajstić information content (AvgIpc) is 3.44. The number of aromatic nitrogens is 1. The molecule has 0 bridgehead atoms. The number of hydrogen-bond acceptors (Lipinski definition) is 6. The molecule has 0 saturated heterocycles. The number of carbonyl (C=O) groups is 1. The zero-order valence-corrected chi connectivity index (χ0v) is 15.9. The lowest BCUT2D eigenvalue weighted by atomic mass is 10.0. The second kappa shape index (κ2) is 8.07. The van der Waals surface area contributed by atoms with Gasteiger partial charge in [-0.05, 0) is 54.7 Å². The van der Waals surface area contributed by atoms with Crippen molar-refractivity contribution in [1.82, 2.24) is 4.98 Å². The first-order valence-corrected chi connectivity index (χ1v) is 9.26. The number of nitrogens with zero attached hydrogens (tertiary/aromatic N) is 2. The van der Waals surface area contributed by atoms with E-state index in [1.54, 1.807) is 30.5 Å². The van der Waals surface area contributed by atoms with Crippen molar-refractivity contribution < 1.29 is 18.7 Å². The predicted octanol–water partition coefficient (Wildman–Crippen LogP) is 3.73. The molecule has 1 aliphatic rings. The number of anilines is 1. The minimum Gasteiger partial charge on any atom is -0.495 e. The van der Waals surface area contributed by atoms with Crippen LogP contribution in [0.25, 0.3) is 11.5 Å². The molecule has 1 aliphatic carbocycles. The van der Waals surface area contributed by atoms with Crippen molar-refractivity contribution in [2.24, 2.45) is 0 Å². The van der Waals surface area contributed by atoms with Gasteiger partial charge in [-0.1, -0.05) is 12.1 Å². The summed E-state index contributed by atoms with van der Waals surface area (Å²) in [6.45, 7) is -0.282. The Morgan fingerprint density at radius 3 is 2.83 bits per heavy atom. The number of nitriles is 1. The van der Waals surface area contributed by atoms with E-state index in [0.29, 0.717) is 28.5 Å². The van der Waals surface area contributed by atoms with Crippen molar-refractivity contribution in [1.29, 1.82) is 5.26 Å². The quantitative estimate of drug-likeness (QED) is 0.690. The minimum absolute atomic E-state index is 0.148. The molecule has 1 aromatic carbocycles. The van der Waals surface area contributed by atoms with Crippen LogP contribution in [0.4, 0.5) is 5.69 Å². The number of methoxy groups -OCH3 is 1. The fraction of sp³-hybridized carbons (Fsp3) is 0.227. The van der Waals surface area contributed by atoms with E-state index in [-0.39, 0.29) is 18.4 Å². The van der Waals surface area contributed by atoms with Gasteiger partial charge in [-0.15, -0.1) is 0 Å². The molecule has 29 heavy (non-hydrogen) atoms. The molecule has 4 rings (SSSR count). The summed E-state index contributed by atoms with van der Waals surface area (Å²) < 4.78 is 16.4. The van der Waals surface area contributed by atoms with Gasteiger partial charge in [0.15, 0.2) is 12.4 Å². The Hall–Kier alpha value is -3.79. The topological polar surface area (TPSA) is 97.4 Å². The van der Waals surface area contributed by atoms with Crippen LogP contribution in [-0.4, -0.2) is 24.6 Å². The van der Waals surface area contributed by atoms with Gasteiger partial charge in [-0.25, -0.2) is 4.98 Å². The van der Waals surface area contributed by atoms with Crippen molar-refractivity contribution in [2.45, 2.75) is 19.3 Å². The van der Waals surface area contributed by atoms with Crippen LogP contribution in [0.1, 0.15) is 23.1 Å². The molecule has 1 N–H and O–H groups in total. The molecule has 0 fully saturated rings. The summed E-state index contributed by atoms with van der Waals surface area (Å²) in [5.74, 6) is 0.945. The lowest BCUT2D eigenvalue weighted by Gasteiger charge is -2.14. The first kappa shape index (κ1) is 18.6. The van der Waals surface area contributed by atoms with Crippen LogP contribution in [0.3, 0.4) is 0 Å². The second-order valence-electron chi connectivity index (χ2n) is 6.58. The van der Waals surface area contributed by atoms with Crippen LogP contribution in [-0.2, 0) is 17.6 Å². The predicted molar refractivity (Wildman–Crippen MR) is 106 cm³/mol. The van der Waals surface area contributed by atoms with Crippen LogP contribution in [0.2, 0.25) is 0 Å². The summed E-state index contributed by atoms with van der Waals surface area (Å²) in [7, 11) is 1.53. The van der Waals surface area contributed by atoms with Gasteiger partial charge in [-0.2, -0.15) is 5.26 Å². The lowest BCUT2D eigenvalue weighted by Crippen LogP contribution is -2.21. The monoisotopic (exact) mass is 389 g/mol. The number of benzene rings is 1. The maximum absolute atomic E-state index is 12.4. The molecule has 0 atom stereocenters. The van der Waals surface area contributed by atoms with Gasteiger partial charge in [0, 0.05) is 0 Å². The molecule has 2 heterocycles. The molecule has 0 unspecified atom stereocenters. The number of amides is 1. The molecule has 0 aliphatic heterocycles. The zero-order valence-electron chi connectivity index (χ0n) is 15.9. The summed E-state index contributed by atoms with van der Waals surface area (Å²) in [6.07, 6.45) is 4.13. The van der Waals surface area contributed by atoms with E-state index in [9.17, 15) is 10.1 Å². The summed E-state index contributed by atoms with van der Waals surface area (Å²) in [5, 5.41) is 12.4. The Morgan fingerprint density at radius 1 is 1.24 bits per heavy atom. The SMILES string of the molecule is COc1ccccc1NC(=O)COc1nc(-c2ccco2)c2c(c1C#N)CCC2. The van der Waals surface area contributed by atoms with Crippen LogP contribution in [0, 0.1) is 11.3 Å². The smallest absolute Gasteiger partial charge is 0.262 e. The molecule has 0 saturated carbocycles. The molecule has 7 heteroatoms. The normalized spacial score (nSPS) is 12.1. The van der Waals surface area contributed by atoms with Gasteiger partial charge in [0.05, 0.1) is 19.1 Å². The van der Waals surface area contributed by atoms with Gasteiger partial charge in [0.25, 0.3) is 5.91 Å². The minimum atomic E-state index is -0.375. The highest BCUT2D eigenvalue weighted by Crippen LogP contribution is 2.37. The van der Waals surface area contributed by atoms with Crippen molar-refractivity contribution in [3.63, 3.8) is 0 Å². The second-order valence-corrected chi connectivity index (χ2v) is 6.58. The fourth-order valence-electron chi connectivity index (χ4n) is 3.54. The van der Waals surface area contributed by atoms with E-state index in [1.165, 1.54) is 7.11 Å². The third kappa shape index (κ3) is 3.65. The molecule has 0 radical (unpaired) electrons. The van der Waals surface area contributed by atoms with Crippen molar-refractivity contribution in [3.8, 4) is 29.2 Å². The number of fused-ring (bicyclic) bond motifs is 1. The van der Waals surface area contributed by atoms with Gasteiger partial charge in [0.1, 0.15) is 23.1 Å². The molecule has 7 nitrogen and oxygen atoms in total. The van der Waals surface area contributed by atoms with E-state index in [0.717, 1.165) is 30.4 Å². The first-order chi connectivity index (χ1) is 14.2. The highest BCUT2D eigenvalue weighted by Gasteiger charge is 2.26. The number of hydrogen-bond donors (Lipinski definition) is 1.